The Morgan fingerprint density at radius 3 is 1.64 bits per heavy atom. The smallest absolute Gasteiger partial charge is 0.122 e. The third-order valence-corrected chi connectivity index (χ3v) is 3.16. The highest BCUT2D eigenvalue weighted by atomic mass is 16.5. The van der Waals surface area contributed by atoms with Crippen LogP contribution < -0.4 is 9.47 Å². The van der Waals surface area contributed by atoms with Crippen molar-refractivity contribution < 1.29 is 9.47 Å². The molecule has 122 valence electrons. The van der Waals surface area contributed by atoms with Gasteiger partial charge in [-0.1, -0.05) is 57.1 Å². The van der Waals surface area contributed by atoms with Gasteiger partial charge in [0.15, 0.2) is 0 Å². The summed E-state index contributed by atoms with van der Waals surface area (Å²) in [5.41, 5.74) is 0. The molecule has 0 aliphatic rings. The molecule has 0 heterocycles. The van der Waals surface area contributed by atoms with Gasteiger partial charge < -0.3 is 9.47 Å². The van der Waals surface area contributed by atoms with E-state index >= 15 is 0 Å². The minimum Gasteiger partial charge on any atom is -0.493 e. The van der Waals surface area contributed by atoms with Gasteiger partial charge in [-0.2, -0.15) is 0 Å². The van der Waals surface area contributed by atoms with Crippen molar-refractivity contribution in [1.82, 2.24) is 0 Å². The number of allylic oxidation sites excluding steroid dienone is 2. The van der Waals surface area contributed by atoms with Crippen molar-refractivity contribution in [3.8, 4) is 11.5 Å². The van der Waals surface area contributed by atoms with Crippen LogP contribution in [0.4, 0.5) is 0 Å². The van der Waals surface area contributed by atoms with Crippen molar-refractivity contribution in [3.05, 3.63) is 48.6 Å². The summed E-state index contributed by atoms with van der Waals surface area (Å²) in [6, 6.07) is 7.89. The molecule has 2 heteroatoms. The number of unbranched alkanes of at least 4 members (excludes halogenated alkanes) is 2. The monoisotopic (exact) mass is 302 g/mol. The largest absolute Gasteiger partial charge is 0.493 e. The molecule has 2 nitrogen and oxygen atoms in total. The van der Waals surface area contributed by atoms with E-state index < -0.39 is 0 Å². The lowest BCUT2D eigenvalue weighted by molar-refractivity contribution is 0.308. The molecule has 0 radical (unpaired) electrons. The first kappa shape index (κ1) is 18.3. The minimum absolute atomic E-state index is 0.712. The van der Waals surface area contributed by atoms with E-state index in [1.54, 1.807) is 0 Å². The maximum Gasteiger partial charge on any atom is 0.122 e. The number of benzene rings is 1. The summed E-state index contributed by atoms with van der Waals surface area (Å²) in [5.74, 6) is 1.76. The maximum atomic E-state index is 5.74. The van der Waals surface area contributed by atoms with Crippen LogP contribution in [0.3, 0.4) is 0 Å². The Balaban J connectivity index is 2.24. The highest BCUT2D eigenvalue weighted by Crippen LogP contribution is 2.19. The predicted octanol–water partition coefficient (Wildman–Crippen LogP) is 5.94. The molecule has 0 aliphatic heterocycles. The first-order valence-corrected chi connectivity index (χ1v) is 8.52. The molecule has 0 aromatic heterocycles. The summed E-state index contributed by atoms with van der Waals surface area (Å²) in [6.45, 7) is 5.80. The fourth-order valence-corrected chi connectivity index (χ4v) is 1.95. The fraction of sp³-hybridized carbons (Fsp3) is 0.500. The van der Waals surface area contributed by atoms with Crippen molar-refractivity contribution in [2.45, 2.75) is 52.4 Å². The van der Waals surface area contributed by atoms with Gasteiger partial charge in [0.25, 0.3) is 0 Å². The number of ether oxygens (including phenoxy) is 2. The van der Waals surface area contributed by atoms with Crippen LogP contribution in [0, 0.1) is 0 Å². The van der Waals surface area contributed by atoms with E-state index in [1.807, 2.05) is 24.3 Å². The molecule has 0 saturated heterocycles. The number of hydrogen-bond donors (Lipinski definition) is 0. The Kier molecular flexibility index (Phi) is 10.8. The Morgan fingerprint density at radius 1 is 0.727 bits per heavy atom. The first-order valence-electron chi connectivity index (χ1n) is 8.52. The lowest BCUT2D eigenvalue weighted by Gasteiger charge is -2.08. The van der Waals surface area contributed by atoms with Gasteiger partial charge in [-0.3, -0.25) is 0 Å². The van der Waals surface area contributed by atoms with Crippen molar-refractivity contribution in [2.24, 2.45) is 0 Å². The van der Waals surface area contributed by atoms with E-state index in [0.29, 0.717) is 13.2 Å². The van der Waals surface area contributed by atoms with Gasteiger partial charge in [0.1, 0.15) is 11.5 Å². The third kappa shape index (κ3) is 9.28. The molecule has 0 aliphatic carbocycles. The highest BCUT2D eigenvalue weighted by molar-refractivity contribution is 5.32. The summed E-state index contributed by atoms with van der Waals surface area (Å²) < 4.78 is 11.5. The second-order valence-corrected chi connectivity index (χ2v) is 5.27. The second-order valence-electron chi connectivity index (χ2n) is 5.27. The summed E-state index contributed by atoms with van der Waals surface area (Å²) in [5, 5.41) is 0. The second kappa shape index (κ2) is 13.0. The van der Waals surface area contributed by atoms with Gasteiger partial charge >= 0.3 is 0 Å². The Labute approximate surface area is 135 Å². The first-order chi connectivity index (χ1) is 10.9. The molecule has 0 unspecified atom stereocenters. The molecule has 22 heavy (non-hydrogen) atoms. The van der Waals surface area contributed by atoms with E-state index in [0.717, 1.165) is 37.2 Å². The van der Waals surface area contributed by atoms with Gasteiger partial charge in [0.05, 0.1) is 13.2 Å². The quantitative estimate of drug-likeness (QED) is 0.351. The molecule has 0 saturated carbocycles. The van der Waals surface area contributed by atoms with Crippen LogP contribution in [0.2, 0.25) is 0 Å². The summed E-state index contributed by atoms with van der Waals surface area (Å²) in [7, 11) is 0. The predicted molar refractivity (Wildman–Crippen MR) is 94.8 cm³/mol. The Hall–Kier alpha value is -1.70. The zero-order valence-electron chi connectivity index (χ0n) is 14.1. The van der Waals surface area contributed by atoms with Crippen molar-refractivity contribution >= 4 is 0 Å². The third-order valence-electron chi connectivity index (χ3n) is 3.16. The normalized spacial score (nSPS) is 11.4. The topological polar surface area (TPSA) is 18.5 Å². The summed E-state index contributed by atoms with van der Waals surface area (Å²) >= 11 is 0. The van der Waals surface area contributed by atoms with Gasteiger partial charge in [-0.15, -0.1) is 0 Å². The molecule has 1 rings (SSSR count). The lowest BCUT2D eigenvalue weighted by Crippen LogP contribution is -1.98. The van der Waals surface area contributed by atoms with Gasteiger partial charge in [-0.25, -0.2) is 0 Å². The highest BCUT2D eigenvalue weighted by Gasteiger charge is 1.97. The van der Waals surface area contributed by atoms with E-state index in [-0.39, 0.29) is 0 Å². The molecule has 1 aromatic carbocycles. The van der Waals surface area contributed by atoms with Crippen LogP contribution >= 0.6 is 0 Å². The fourth-order valence-electron chi connectivity index (χ4n) is 1.95. The van der Waals surface area contributed by atoms with Crippen LogP contribution in [0.1, 0.15) is 52.4 Å². The van der Waals surface area contributed by atoms with Gasteiger partial charge in [-0.05, 0) is 37.8 Å². The molecular weight excluding hydrogens is 272 g/mol. The van der Waals surface area contributed by atoms with E-state index in [4.69, 9.17) is 9.47 Å². The Bertz CT molecular complexity index is 398. The number of rotatable bonds is 12. The number of hydrogen-bond acceptors (Lipinski definition) is 2. The van der Waals surface area contributed by atoms with Crippen molar-refractivity contribution in [3.63, 3.8) is 0 Å². The molecule has 0 fully saturated rings. The zero-order valence-corrected chi connectivity index (χ0v) is 14.1. The van der Waals surface area contributed by atoms with E-state index in [9.17, 15) is 0 Å². The molecule has 0 spiro atoms. The maximum absolute atomic E-state index is 5.74. The van der Waals surface area contributed by atoms with E-state index in [2.05, 4.69) is 38.2 Å². The zero-order chi connectivity index (χ0) is 15.9. The van der Waals surface area contributed by atoms with Gasteiger partial charge in [0.2, 0.25) is 0 Å². The summed E-state index contributed by atoms with van der Waals surface area (Å²) in [6.07, 6.45) is 15.4. The summed E-state index contributed by atoms with van der Waals surface area (Å²) in [4.78, 5) is 0. The van der Waals surface area contributed by atoms with Crippen molar-refractivity contribution in [1.29, 1.82) is 0 Å². The molecular formula is C20H30O2. The van der Waals surface area contributed by atoms with Crippen LogP contribution in [0.25, 0.3) is 0 Å². The average Bonchev–Trinajstić information content (AvgIpc) is 2.54. The minimum atomic E-state index is 0.712. The SMILES string of the molecule is CCCC=CCCOc1cccc(OCCC=CCCC)c1. The van der Waals surface area contributed by atoms with E-state index in [1.165, 1.54) is 12.8 Å². The molecule has 1 aromatic rings. The van der Waals surface area contributed by atoms with Crippen LogP contribution in [-0.2, 0) is 0 Å². The molecule has 0 amide bonds. The van der Waals surface area contributed by atoms with Crippen LogP contribution in [0.5, 0.6) is 11.5 Å². The Morgan fingerprint density at radius 2 is 1.18 bits per heavy atom. The standard InChI is InChI=1S/C20H30O2/c1-3-5-7-9-11-16-21-19-14-13-15-20(18-19)22-17-12-10-8-6-4-2/h7-10,13-15,18H,3-6,11-12,16-17H2,1-2H3. The average molecular weight is 302 g/mol. The van der Waals surface area contributed by atoms with Crippen LogP contribution in [0.15, 0.2) is 48.6 Å². The van der Waals surface area contributed by atoms with Crippen LogP contribution in [-0.4, -0.2) is 13.2 Å². The van der Waals surface area contributed by atoms with Crippen molar-refractivity contribution in [2.75, 3.05) is 13.2 Å². The molecule has 0 bridgehead atoms. The lowest BCUT2D eigenvalue weighted by atomic mass is 10.3. The molecule has 0 N–H and O–H groups in total. The van der Waals surface area contributed by atoms with Gasteiger partial charge in [0, 0.05) is 6.07 Å². The molecule has 0 atom stereocenters.